The van der Waals surface area contributed by atoms with Gasteiger partial charge in [0, 0.05) is 11.3 Å². The maximum absolute atomic E-state index is 11.8. The van der Waals surface area contributed by atoms with Crippen LogP contribution in [0.4, 0.5) is 0 Å². The summed E-state index contributed by atoms with van der Waals surface area (Å²) in [7, 11) is 1.66. The van der Waals surface area contributed by atoms with Crippen molar-refractivity contribution in [3.63, 3.8) is 0 Å². The number of nitrogens with one attached hydrogen (secondary N) is 1. The highest BCUT2D eigenvalue weighted by Gasteiger charge is 2.04. The standard InChI is InChI=1S/C18H22N2O2S/c1-13-9-10-23-17(13)12-19-20-18(21)6-4-5-15-7-8-16(22-3)11-14(15)2/h7-12H,4-6H2,1-3H3,(H,20,21)/b19-12-. The lowest BCUT2D eigenvalue weighted by molar-refractivity contribution is -0.121. The Hall–Kier alpha value is -2.14. The van der Waals surface area contributed by atoms with Crippen molar-refractivity contribution in [2.75, 3.05) is 7.11 Å². The van der Waals surface area contributed by atoms with Gasteiger partial charge < -0.3 is 4.74 Å². The number of hydrogen-bond donors (Lipinski definition) is 1. The quantitative estimate of drug-likeness (QED) is 0.619. The van der Waals surface area contributed by atoms with Gasteiger partial charge in [-0.15, -0.1) is 11.3 Å². The fourth-order valence-electron chi connectivity index (χ4n) is 2.25. The monoisotopic (exact) mass is 330 g/mol. The van der Waals surface area contributed by atoms with Gasteiger partial charge in [-0.3, -0.25) is 4.79 Å². The molecule has 0 bridgehead atoms. The molecular formula is C18H22N2O2S. The maximum Gasteiger partial charge on any atom is 0.240 e. The number of hydrazone groups is 1. The Bertz CT molecular complexity index is 692. The molecule has 1 amide bonds. The molecule has 1 N–H and O–H groups in total. The largest absolute Gasteiger partial charge is 0.497 e. The van der Waals surface area contributed by atoms with Crippen LogP contribution in [0.3, 0.4) is 0 Å². The minimum Gasteiger partial charge on any atom is -0.497 e. The zero-order valence-electron chi connectivity index (χ0n) is 13.8. The van der Waals surface area contributed by atoms with Gasteiger partial charge in [0.05, 0.1) is 13.3 Å². The number of aryl methyl sites for hydroxylation is 3. The van der Waals surface area contributed by atoms with Crippen LogP contribution in [-0.4, -0.2) is 19.2 Å². The van der Waals surface area contributed by atoms with Crippen LogP contribution >= 0.6 is 11.3 Å². The number of amides is 1. The minimum absolute atomic E-state index is 0.0541. The van der Waals surface area contributed by atoms with E-state index in [4.69, 9.17) is 4.74 Å². The number of methoxy groups -OCH3 is 1. The second-order valence-corrected chi connectivity index (χ2v) is 6.35. The first kappa shape index (κ1) is 17.2. The third-order valence-electron chi connectivity index (χ3n) is 3.67. The number of rotatable bonds is 7. The number of carbonyl (C=O) groups excluding carboxylic acids is 1. The Morgan fingerprint density at radius 2 is 2.13 bits per heavy atom. The molecule has 0 radical (unpaired) electrons. The van der Waals surface area contributed by atoms with Crippen LogP contribution in [0.2, 0.25) is 0 Å². The van der Waals surface area contributed by atoms with E-state index < -0.39 is 0 Å². The number of hydrogen-bond acceptors (Lipinski definition) is 4. The second-order valence-electron chi connectivity index (χ2n) is 5.41. The zero-order chi connectivity index (χ0) is 16.7. The third kappa shape index (κ3) is 5.21. The molecule has 0 saturated heterocycles. The van der Waals surface area contributed by atoms with Crippen LogP contribution in [0.15, 0.2) is 34.7 Å². The molecule has 122 valence electrons. The lowest BCUT2D eigenvalue weighted by Crippen LogP contribution is -2.17. The van der Waals surface area contributed by atoms with Gasteiger partial charge in [0.15, 0.2) is 0 Å². The number of ether oxygens (including phenoxy) is 1. The van der Waals surface area contributed by atoms with Gasteiger partial charge in [0.1, 0.15) is 5.75 Å². The van der Waals surface area contributed by atoms with E-state index in [9.17, 15) is 4.79 Å². The van der Waals surface area contributed by atoms with Gasteiger partial charge in [-0.1, -0.05) is 6.07 Å². The molecule has 1 aromatic carbocycles. The molecule has 0 unspecified atom stereocenters. The van der Waals surface area contributed by atoms with E-state index >= 15 is 0 Å². The lowest BCUT2D eigenvalue weighted by atomic mass is 10.0. The fraction of sp³-hybridized carbons (Fsp3) is 0.333. The Labute approximate surface area is 141 Å². The molecule has 0 aliphatic heterocycles. The van der Waals surface area contributed by atoms with Crippen molar-refractivity contribution in [1.82, 2.24) is 5.43 Å². The highest BCUT2D eigenvalue weighted by Crippen LogP contribution is 2.18. The molecule has 4 nitrogen and oxygen atoms in total. The van der Waals surface area contributed by atoms with Gasteiger partial charge >= 0.3 is 0 Å². The SMILES string of the molecule is COc1ccc(CCCC(=O)N/N=C\c2sccc2C)c(C)c1. The highest BCUT2D eigenvalue weighted by molar-refractivity contribution is 7.11. The van der Waals surface area contributed by atoms with Gasteiger partial charge in [0.2, 0.25) is 5.91 Å². The van der Waals surface area contributed by atoms with E-state index in [1.165, 1.54) is 16.7 Å². The van der Waals surface area contributed by atoms with E-state index in [0.717, 1.165) is 23.5 Å². The van der Waals surface area contributed by atoms with E-state index in [1.807, 2.05) is 30.5 Å². The number of nitrogens with zero attached hydrogens (tertiary/aromatic N) is 1. The minimum atomic E-state index is -0.0541. The van der Waals surface area contributed by atoms with Crippen molar-refractivity contribution in [2.45, 2.75) is 33.1 Å². The average molecular weight is 330 g/mol. The summed E-state index contributed by atoms with van der Waals surface area (Å²) in [5, 5.41) is 6.02. The number of thiophene rings is 1. The van der Waals surface area contributed by atoms with Gasteiger partial charge in [-0.05, 0) is 67.0 Å². The molecule has 2 aromatic rings. The topological polar surface area (TPSA) is 50.7 Å². The summed E-state index contributed by atoms with van der Waals surface area (Å²) in [5.41, 5.74) is 6.19. The molecule has 1 aromatic heterocycles. The summed E-state index contributed by atoms with van der Waals surface area (Å²) in [5.74, 6) is 0.809. The fourth-order valence-corrected chi connectivity index (χ4v) is 3.04. The zero-order valence-corrected chi connectivity index (χ0v) is 14.6. The normalized spacial score (nSPS) is 10.9. The molecular weight excluding hydrogens is 308 g/mol. The highest BCUT2D eigenvalue weighted by atomic mass is 32.1. The Morgan fingerprint density at radius 1 is 1.30 bits per heavy atom. The van der Waals surface area contributed by atoms with E-state index in [0.29, 0.717) is 6.42 Å². The van der Waals surface area contributed by atoms with E-state index in [1.54, 1.807) is 24.7 Å². The van der Waals surface area contributed by atoms with Crippen LogP contribution in [0.5, 0.6) is 5.75 Å². The molecule has 2 rings (SSSR count). The maximum atomic E-state index is 11.8. The molecule has 0 aliphatic carbocycles. The predicted octanol–water partition coefficient (Wildman–Crippen LogP) is 3.85. The molecule has 0 atom stereocenters. The van der Waals surface area contributed by atoms with Crippen molar-refractivity contribution in [2.24, 2.45) is 5.10 Å². The summed E-state index contributed by atoms with van der Waals surface area (Å²) in [6.07, 6.45) is 3.83. The predicted molar refractivity (Wildman–Crippen MR) is 95.5 cm³/mol. The van der Waals surface area contributed by atoms with Crippen LogP contribution in [0, 0.1) is 13.8 Å². The van der Waals surface area contributed by atoms with Crippen LogP contribution in [0.25, 0.3) is 0 Å². The molecule has 0 aliphatic rings. The molecule has 5 heteroatoms. The first-order chi connectivity index (χ1) is 11.1. The molecule has 0 spiro atoms. The van der Waals surface area contributed by atoms with E-state index in [-0.39, 0.29) is 5.91 Å². The Kier molecular flexibility index (Phi) is 6.35. The van der Waals surface area contributed by atoms with Gasteiger partial charge in [-0.2, -0.15) is 5.10 Å². The Morgan fingerprint density at radius 3 is 2.78 bits per heavy atom. The Balaban J connectivity index is 1.74. The lowest BCUT2D eigenvalue weighted by Gasteiger charge is -2.07. The number of benzene rings is 1. The summed E-state index contributed by atoms with van der Waals surface area (Å²) >= 11 is 1.61. The molecule has 0 fully saturated rings. The summed E-state index contributed by atoms with van der Waals surface area (Å²) < 4.78 is 5.20. The van der Waals surface area contributed by atoms with Crippen LogP contribution < -0.4 is 10.2 Å². The van der Waals surface area contributed by atoms with Crippen LogP contribution in [0.1, 0.15) is 34.4 Å². The van der Waals surface area contributed by atoms with Crippen molar-refractivity contribution < 1.29 is 9.53 Å². The summed E-state index contributed by atoms with van der Waals surface area (Å²) in [6.45, 7) is 4.09. The summed E-state index contributed by atoms with van der Waals surface area (Å²) in [6, 6.07) is 8.06. The third-order valence-corrected chi connectivity index (χ3v) is 4.63. The first-order valence-electron chi connectivity index (χ1n) is 7.59. The smallest absolute Gasteiger partial charge is 0.240 e. The first-order valence-corrected chi connectivity index (χ1v) is 8.47. The van der Waals surface area contributed by atoms with Gasteiger partial charge in [0.25, 0.3) is 0 Å². The van der Waals surface area contributed by atoms with Crippen molar-refractivity contribution in [1.29, 1.82) is 0 Å². The second kappa shape index (κ2) is 8.48. The van der Waals surface area contributed by atoms with E-state index in [2.05, 4.69) is 23.5 Å². The van der Waals surface area contributed by atoms with Crippen molar-refractivity contribution in [3.8, 4) is 5.75 Å². The van der Waals surface area contributed by atoms with Crippen molar-refractivity contribution in [3.05, 3.63) is 51.2 Å². The molecule has 1 heterocycles. The summed E-state index contributed by atoms with van der Waals surface area (Å²) in [4.78, 5) is 12.9. The molecule has 0 saturated carbocycles. The van der Waals surface area contributed by atoms with Crippen LogP contribution in [-0.2, 0) is 11.2 Å². The van der Waals surface area contributed by atoms with Crippen molar-refractivity contribution >= 4 is 23.5 Å². The average Bonchev–Trinajstić information content (AvgIpc) is 2.94. The number of carbonyl (C=O) groups is 1. The molecule has 23 heavy (non-hydrogen) atoms. The van der Waals surface area contributed by atoms with Gasteiger partial charge in [-0.25, -0.2) is 5.43 Å².